The molecule has 6 heteroatoms. The van der Waals surface area contributed by atoms with Crippen molar-refractivity contribution in [1.29, 1.82) is 0 Å². The average molecular weight is 425 g/mol. The summed E-state index contributed by atoms with van der Waals surface area (Å²) in [6, 6.07) is 21.7. The smallest absolute Gasteiger partial charge is 0.277 e. The summed E-state index contributed by atoms with van der Waals surface area (Å²) in [5.41, 5.74) is 2.67. The van der Waals surface area contributed by atoms with Crippen LogP contribution in [0.1, 0.15) is 30.5 Å². The number of amides is 2. The molecule has 2 amide bonds. The van der Waals surface area contributed by atoms with Gasteiger partial charge in [-0.2, -0.15) is 0 Å². The summed E-state index contributed by atoms with van der Waals surface area (Å²) in [6.07, 6.45) is 0.896. The average Bonchev–Trinajstić information content (AvgIpc) is 2.80. The lowest BCUT2D eigenvalue weighted by atomic mass is 9.96. The molecule has 1 saturated heterocycles. The second kappa shape index (κ2) is 11.6. The van der Waals surface area contributed by atoms with Gasteiger partial charge in [-0.25, -0.2) is 0 Å². The van der Waals surface area contributed by atoms with Gasteiger partial charge in [-0.1, -0.05) is 67.6 Å². The zero-order chi connectivity index (χ0) is 22.1. The van der Waals surface area contributed by atoms with E-state index in [1.54, 1.807) is 16.8 Å². The molecule has 0 bridgehead atoms. The van der Waals surface area contributed by atoms with Gasteiger partial charge in [-0.3, -0.25) is 9.59 Å². The number of quaternary nitrogens is 2. The molecule has 6 nitrogen and oxygen atoms in total. The van der Waals surface area contributed by atoms with Crippen LogP contribution < -0.4 is 15.1 Å². The second-order valence-corrected chi connectivity index (χ2v) is 8.44. The molecule has 0 saturated carbocycles. The van der Waals surface area contributed by atoms with Crippen LogP contribution in [-0.4, -0.2) is 69.6 Å². The Kier molecular flexibility index (Phi) is 8.62. The first-order valence-corrected chi connectivity index (χ1v) is 11.4. The van der Waals surface area contributed by atoms with Gasteiger partial charge >= 0.3 is 0 Å². The van der Waals surface area contributed by atoms with E-state index in [0.717, 1.165) is 32.6 Å². The molecule has 31 heavy (non-hydrogen) atoms. The number of hydrogen-bond donors (Lipinski definition) is 3. The summed E-state index contributed by atoms with van der Waals surface area (Å²) in [5.74, 6) is -0.0525. The lowest BCUT2D eigenvalue weighted by molar-refractivity contribution is -1.02. The highest BCUT2D eigenvalue weighted by atomic mass is 16.2. The molecule has 2 aromatic carbocycles. The minimum Gasteiger partial charge on any atom is -0.355 e. The van der Waals surface area contributed by atoms with E-state index in [4.69, 9.17) is 0 Å². The molecule has 1 aliphatic heterocycles. The van der Waals surface area contributed by atoms with Crippen LogP contribution in [0.25, 0.3) is 0 Å². The first-order chi connectivity index (χ1) is 15.1. The zero-order valence-corrected chi connectivity index (χ0v) is 18.8. The van der Waals surface area contributed by atoms with Crippen LogP contribution >= 0.6 is 0 Å². The van der Waals surface area contributed by atoms with Gasteiger partial charge in [0.1, 0.15) is 32.2 Å². The van der Waals surface area contributed by atoms with E-state index < -0.39 is 0 Å². The molecule has 0 aromatic heterocycles. The van der Waals surface area contributed by atoms with E-state index in [1.807, 2.05) is 6.92 Å². The van der Waals surface area contributed by atoms with Crippen LogP contribution in [0.15, 0.2) is 60.7 Å². The molecule has 0 atom stereocenters. The molecule has 3 rings (SSSR count). The van der Waals surface area contributed by atoms with Crippen LogP contribution in [-0.2, 0) is 9.59 Å². The lowest BCUT2D eigenvalue weighted by Crippen LogP contribution is -3.28. The number of nitrogens with zero attached hydrogens (tertiary/aromatic N) is 1. The molecule has 2 aromatic rings. The van der Waals surface area contributed by atoms with Crippen molar-refractivity contribution in [2.24, 2.45) is 0 Å². The van der Waals surface area contributed by atoms with E-state index >= 15 is 0 Å². The highest BCUT2D eigenvalue weighted by Gasteiger charge is 2.32. The molecule has 0 aliphatic carbocycles. The molecule has 0 spiro atoms. The van der Waals surface area contributed by atoms with Crippen molar-refractivity contribution >= 4 is 11.8 Å². The van der Waals surface area contributed by atoms with Crippen LogP contribution in [0, 0.1) is 0 Å². The van der Waals surface area contributed by atoms with Crippen molar-refractivity contribution in [2.45, 2.75) is 19.4 Å². The summed E-state index contributed by atoms with van der Waals surface area (Å²) in [5, 5.41) is 2.83. The Morgan fingerprint density at radius 3 is 2.00 bits per heavy atom. The maximum absolute atomic E-state index is 12.6. The number of likely N-dealkylation sites (N-methyl/N-ethyl adjacent to an activating group) is 1. The molecular formula is C25H36N4O2+2. The van der Waals surface area contributed by atoms with Crippen molar-refractivity contribution in [3.63, 3.8) is 0 Å². The van der Waals surface area contributed by atoms with Crippen molar-refractivity contribution < 1.29 is 19.4 Å². The molecule has 0 unspecified atom stereocenters. The number of carbonyl (C=O) groups excluding carboxylic acids is 2. The van der Waals surface area contributed by atoms with Gasteiger partial charge in [-0.15, -0.1) is 0 Å². The second-order valence-electron chi connectivity index (χ2n) is 8.44. The van der Waals surface area contributed by atoms with Crippen LogP contribution in [0.2, 0.25) is 0 Å². The highest BCUT2D eigenvalue weighted by molar-refractivity contribution is 5.84. The van der Waals surface area contributed by atoms with Crippen LogP contribution in [0.5, 0.6) is 0 Å². The maximum atomic E-state index is 12.6. The minimum absolute atomic E-state index is 0.0350. The summed E-state index contributed by atoms with van der Waals surface area (Å²) in [6.45, 7) is 7.18. The Morgan fingerprint density at radius 1 is 0.935 bits per heavy atom. The number of piperazine rings is 1. The number of nitrogens with one attached hydrogen (secondary N) is 3. The van der Waals surface area contributed by atoms with Gasteiger partial charge in [0.15, 0.2) is 6.54 Å². The fourth-order valence-electron chi connectivity index (χ4n) is 4.32. The Balaban J connectivity index is 1.56. The topological polar surface area (TPSA) is 58.3 Å². The Bertz CT molecular complexity index is 780. The molecule has 1 heterocycles. The summed E-state index contributed by atoms with van der Waals surface area (Å²) >= 11 is 0. The number of benzene rings is 2. The van der Waals surface area contributed by atoms with Crippen molar-refractivity contribution in [2.75, 3.05) is 52.9 Å². The van der Waals surface area contributed by atoms with E-state index in [1.165, 1.54) is 16.0 Å². The molecular weight excluding hydrogens is 388 g/mol. The number of hydrogen-bond acceptors (Lipinski definition) is 2. The minimum atomic E-state index is -0.0875. The molecule has 1 fully saturated rings. The van der Waals surface area contributed by atoms with Gasteiger partial charge in [-0.05, 0) is 6.42 Å². The standard InChI is InChI=1S/C25H34N4O2/c1-3-14-26-23(30)19-27(2)24(31)20-28-15-17-29(18-16-28)25(21-10-6-4-7-11-21)22-12-8-5-9-13-22/h4-13,25H,3,14-20H2,1-2H3,(H,26,30)/p+2. The predicted octanol–water partition coefficient (Wildman–Crippen LogP) is -0.456. The Labute approximate surface area is 185 Å². The van der Waals surface area contributed by atoms with Crippen LogP contribution in [0.3, 0.4) is 0 Å². The SMILES string of the molecule is CCCNC(=O)CN(C)C(=O)C[NH+]1CC[NH+](C(c2ccccc2)c2ccccc2)CC1. The fourth-order valence-corrected chi connectivity index (χ4v) is 4.32. The quantitative estimate of drug-likeness (QED) is 0.511. The third-order valence-electron chi connectivity index (χ3n) is 6.05. The lowest BCUT2D eigenvalue weighted by Gasteiger charge is -2.35. The van der Waals surface area contributed by atoms with Crippen LogP contribution in [0.4, 0.5) is 0 Å². The zero-order valence-electron chi connectivity index (χ0n) is 18.8. The molecule has 0 radical (unpaired) electrons. The monoisotopic (exact) mass is 424 g/mol. The largest absolute Gasteiger partial charge is 0.355 e. The first kappa shape index (κ1) is 23.0. The third kappa shape index (κ3) is 6.64. The van der Waals surface area contributed by atoms with Crippen molar-refractivity contribution in [3.05, 3.63) is 71.8 Å². The van der Waals surface area contributed by atoms with E-state index in [2.05, 4.69) is 66.0 Å². The van der Waals surface area contributed by atoms with Crippen molar-refractivity contribution in [3.8, 4) is 0 Å². The third-order valence-corrected chi connectivity index (χ3v) is 6.05. The molecule has 166 valence electrons. The summed E-state index contributed by atoms with van der Waals surface area (Å²) in [7, 11) is 1.72. The summed E-state index contributed by atoms with van der Waals surface area (Å²) in [4.78, 5) is 28.9. The van der Waals surface area contributed by atoms with Gasteiger partial charge in [0.25, 0.3) is 5.91 Å². The first-order valence-electron chi connectivity index (χ1n) is 11.4. The summed E-state index contributed by atoms with van der Waals surface area (Å²) < 4.78 is 0. The van der Waals surface area contributed by atoms with Crippen molar-refractivity contribution in [1.82, 2.24) is 10.2 Å². The maximum Gasteiger partial charge on any atom is 0.277 e. The van der Waals surface area contributed by atoms with E-state index in [0.29, 0.717) is 19.1 Å². The van der Waals surface area contributed by atoms with Gasteiger partial charge in [0.2, 0.25) is 5.91 Å². The number of rotatable bonds is 9. The van der Waals surface area contributed by atoms with Gasteiger partial charge in [0.05, 0.1) is 6.54 Å². The van der Waals surface area contributed by atoms with E-state index in [9.17, 15) is 9.59 Å². The number of carbonyl (C=O) groups is 2. The Morgan fingerprint density at radius 2 is 1.48 bits per heavy atom. The highest BCUT2D eigenvalue weighted by Crippen LogP contribution is 2.18. The Hall–Kier alpha value is -2.70. The van der Waals surface area contributed by atoms with E-state index in [-0.39, 0.29) is 18.4 Å². The van der Waals surface area contributed by atoms with Gasteiger partial charge in [0, 0.05) is 24.7 Å². The van der Waals surface area contributed by atoms with Gasteiger partial charge < -0.3 is 20.0 Å². The fraction of sp³-hybridized carbons (Fsp3) is 0.440. The normalized spacial score (nSPS) is 18.5. The predicted molar refractivity (Wildman–Crippen MR) is 122 cm³/mol. The molecule has 1 aliphatic rings. The molecule has 3 N–H and O–H groups in total.